The molecule has 3 nitrogen and oxygen atoms in total. The summed E-state index contributed by atoms with van der Waals surface area (Å²) in [6.45, 7) is 4.75. The van der Waals surface area contributed by atoms with Gasteiger partial charge >= 0.3 is 0 Å². The lowest BCUT2D eigenvalue weighted by atomic mass is 10.1. The number of rotatable bonds is 6. The third-order valence-electron chi connectivity index (χ3n) is 2.44. The van der Waals surface area contributed by atoms with E-state index in [1.165, 1.54) is 9.75 Å². The Morgan fingerprint density at radius 3 is 2.88 bits per heavy atom. The minimum absolute atomic E-state index is 0.0421. The monoisotopic (exact) mass is 240 g/mol. The highest BCUT2D eigenvalue weighted by molar-refractivity contribution is 7.11. The molecule has 0 aliphatic rings. The van der Waals surface area contributed by atoms with E-state index in [1.54, 1.807) is 11.3 Å². The molecule has 0 aliphatic carbocycles. The summed E-state index contributed by atoms with van der Waals surface area (Å²) in [5, 5.41) is 2.87. The first kappa shape index (κ1) is 13.2. The highest BCUT2D eigenvalue weighted by Crippen LogP contribution is 2.14. The van der Waals surface area contributed by atoms with Crippen molar-refractivity contribution in [2.24, 2.45) is 5.73 Å². The molecule has 0 bridgehead atoms. The maximum Gasteiger partial charge on any atom is 0.237 e. The Labute approximate surface area is 101 Å². The second-order valence-electron chi connectivity index (χ2n) is 3.98. The summed E-state index contributed by atoms with van der Waals surface area (Å²) in [4.78, 5) is 14.0. The molecule has 1 aromatic heterocycles. The molecule has 0 spiro atoms. The molecule has 1 amide bonds. The van der Waals surface area contributed by atoms with Gasteiger partial charge in [-0.25, -0.2) is 0 Å². The largest absolute Gasteiger partial charge is 0.350 e. The van der Waals surface area contributed by atoms with Crippen molar-refractivity contribution >= 4 is 17.2 Å². The average molecular weight is 240 g/mol. The number of amides is 1. The van der Waals surface area contributed by atoms with E-state index in [0.29, 0.717) is 6.54 Å². The lowest BCUT2D eigenvalue weighted by Gasteiger charge is -2.10. The number of nitrogens with one attached hydrogen (secondary N) is 1. The molecule has 0 fully saturated rings. The van der Waals surface area contributed by atoms with Crippen LogP contribution in [-0.4, -0.2) is 11.9 Å². The molecular weight excluding hydrogens is 220 g/mol. The normalized spacial score (nSPS) is 12.4. The van der Waals surface area contributed by atoms with E-state index >= 15 is 0 Å². The fourth-order valence-corrected chi connectivity index (χ4v) is 2.27. The number of hydrogen-bond acceptors (Lipinski definition) is 3. The number of aryl methyl sites for hydroxylation is 1. The van der Waals surface area contributed by atoms with Crippen LogP contribution in [0.25, 0.3) is 0 Å². The van der Waals surface area contributed by atoms with Gasteiger partial charge in [0.15, 0.2) is 0 Å². The topological polar surface area (TPSA) is 55.1 Å². The SMILES string of the molecule is CCCC[C@H](N)C(=O)NCc1ccc(C)s1. The molecule has 0 aliphatic heterocycles. The van der Waals surface area contributed by atoms with E-state index in [1.807, 2.05) is 6.07 Å². The van der Waals surface area contributed by atoms with Gasteiger partial charge in [0.2, 0.25) is 5.91 Å². The first-order valence-corrected chi connectivity index (χ1v) is 6.53. The van der Waals surface area contributed by atoms with E-state index in [-0.39, 0.29) is 11.9 Å². The number of unbranched alkanes of at least 4 members (excludes halogenated alkanes) is 1. The van der Waals surface area contributed by atoms with Crippen molar-refractivity contribution in [3.63, 3.8) is 0 Å². The summed E-state index contributed by atoms with van der Waals surface area (Å²) in [5.74, 6) is -0.0421. The maximum atomic E-state index is 11.6. The fourth-order valence-electron chi connectivity index (χ4n) is 1.44. The zero-order valence-corrected chi connectivity index (χ0v) is 10.8. The van der Waals surface area contributed by atoms with Crippen molar-refractivity contribution in [3.05, 3.63) is 21.9 Å². The van der Waals surface area contributed by atoms with Gasteiger partial charge in [-0.3, -0.25) is 4.79 Å². The molecule has 0 saturated carbocycles. The highest BCUT2D eigenvalue weighted by atomic mass is 32.1. The van der Waals surface area contributed by atoms with Crippen molar-refractivity contribution in [2.75, 3.05) is 0 Å². The summed E-state index contributed by atoms with van der Waals surface area (Å²) >= 11 is 1.70. The first-order valence-electron chi connectivity index (χ1n) is 5.72. The van der Waals surface area contributed by atoms with Gasteiger partial charge in [0.1, 0.15) is 0 Å². The van der Waals surface area contributed by atoms with Gasteiger partial charge in [-0.2, -0.15) is 0 Å². The quantitative estimate of drug-likeness (QED) is 0.801. The van der Waals surface area contributed by atoms with Crippen molar-refractivity contribution in [1.29, 1.82) is 0 Å². The van der Waals surface area contributed by atoms with Crippen LogP contribution in [0.5, 0.6) is 0 Å². The predicted octanol–water partition coefficient (Wildman–Crippen LogP) is 2.19. The molecule has 0 saturated heterocycles. The number of nitrogens with two attached hydrogens (primary N) is 1. The number of carbonyl (C=O) groups is 1. The molecule has 0 aromatic carbocycles. The summed E-state index contributed by atoms with van der Waals surface area (Å²) < 4.78 is 0. The minimum Gasteiger partial charge on any atom is -0.350 e. The second kappa shape index (κ2) is 6.66. The van der Waals surface area contributed by atoms with Crippen LogP contribution in [0.4, 0.5) is 0 Å². The van der Waals surface area contributed by atoms with E-state index in [2.05, 4.69) is 25.2 Å². The van der Waals surface area contributed by atoms with Crippen molar-refractivity contribution in [3.8, 4) is 0 Å². The molecule has 0 radical (unpaired) electrons. The lowest BCUT2D eigenvalue weighted by Crippen LogP contribution is -2.39. The van der Waals surface area contributed by atoms with Gasteiger partial charge in [0, 0.05) is 9.75 Å². The molecule has 1 aromatic rings. The number of carbonyl (C=O) groups excluding carboxylic acids is 1. The van der Waals surface area contributed by atoms with Crippen LogP contribution in [0, 0.1) is 6.92 Å². The minimum atomic E-state index is -0.360. The zero-order chi connectivity index (χ0) is 12.0. The molecule has 0 unspecified atom stereocenters. The summed E-state index contributed by atoms with van der Waals surface area (Å²) in [7, 11) is 0. The van der Waals surface area contributed by atoms with Crippen LogP contribution in [0.1, 0.15) is 35.9 Å². The summed E-state index contributed by atoms with van der Waals surface area (Å²) in [5.41, 5.74) is 5.76. The van der Waals surface area contributed by atoms with Gasteiger partial charge in [0.25, 0.3) is 0 Å². The van der Waals surface area contributed by atoms with Crippen LogP contribution in [-0.2, 0) is 11.3 Å². The van der Waals surface area contributed by atoms with E-state index in [9.17, 15) is 4.79 Å². The molecule has 1 heterocycles. The number of thiophene rings is 1. The lowest BCUT2D eigenvalue weighted by molar-refractivity contribution is -0.122. The predicted molar refractivity (Wildman–Crippen MR) is 68.4 cm³/mol. The van der Waals surface area contributed by atoms with E-state index in [0.717, 1.165) is 19.3 Å². The van der Waals surface area contributed by atoms with Gasteiger partial charge in [-0.05, 0) is 25.5 Å². The Hall–Kier alpha value is -0.870. The Morgan fingerprint density at radius 2 is 2.31 bits per heavy atom. The molecule has 4 heteroatoms. The molecule has 90 valence electrons. The smallest absolute Gasteiger partial charge is 0.237 e. The van der Waals surface area contributed by atoms with E-state index in [4.69, 9.17) is 5.73 Å². The highest BCUT2D eigenvalue weighted by Gasteiger charge is 2.12. The Morgan fingerprint density at radius 1 is 1.56 bits per heavy atom. The van der Waals surface area contributed by atoms with Gasteiger partial charge < -0.3 is 11.1 Å². The Kier molecular flexibility index (Phi) is 5.49. The standard InChI is InChI=1S/C12H20N2OS/c1-3-4-5-11(13)12(15)14-8-10-7-6-9(2)16-10/h6-7,11H,3-5,8,13H2,1-2H3,(H,14,15)/t11-/m0/s1. The first-order chi connectivity index (χ1) is 7.63. The molecule has 3 N–H and O–H groups in total. The van der Waals surface area contributed by atoms with Crippen molar-refractivity contribution < 1.29 is 4.79 Å². The van der Waals surface area contributed by atoms with Gasteiger partial charge in [-0.15, -0.1) is 11.3 Å². The maximum absolute atomic E-state index is 11.6. The zero-order valence-electron chi connectivity index (χ0n) is 9.95. The van der Waals surface area contributed by atoms with Gasteiger partial charge in [0.05, 0.1) is 12.6 Å². The molecule has 1 atom stereocenters. The average Bonchev–Trinajstić information content (AvgIpc) is 2.68. The van der Waals surface area contributed by atoms with Crippen LogP contribution >= 0.6 is 11.3 Å². The third-order valence-corrected chi connectivity index (χ3v) is 3.44. The van der Waals surface area contributed by atoms with Gasteiger partial charge in [-0.1, -0.05) is 19.8 Å². The molecule has 16 heavy (non-hydrogen) atoms. The van der Waals surface area contributed by atoms with Crippen molar-refractivity contribution in [1.82, 2.24) is 5.32 Å². The molecular formula is C12H20N2OS. The van der Waals surface area contributed by atoms with Crippen LogP contribution in [0.15, 0.2) is 12.1 Å². The van der Waals surface area contributed by atoms with Crippen LogP contribution in [0.3, 0.4) is 0 Å². The van der Waals surface area contributed by atoms with E-state index < -0.39 is 0 Å². The molecule has 1 rings (SSSR count). The summed E-state index contributed by atoms with van der Waals surface area (Å²) in [6.07, 6.45) is 2.85. The van der Waals surface area contributed by atoms with Crippen LogP contribution < -0.4 is 11.1 Å². The van der Waals surface area contributed by atoms with Crippen molar-refractivity contribution in [2.45, 2.75) is 45.7 Å². The Balaban J connectivity index is 2.29. The third kappa shape index (κ3) is 4.33. The summed E-state index contributed by atoms with van der Waals surface area (Å²) in [6, 6.07) is 3.74. The number of hydrogen-bond donors (Lipinski definition) is 2. The Bertz CT molecular complexity index is 336. The fraction of sp³-hybridized carbons (Fsp3) is 0.583. The second-order valence-corrected chi connectivity index (χ2v) is 5.35. The van der Waals surface area contributed by atoms with Crippen LogP contribution in [0.2, 0.25) is 0 Å².